The zero-order valence-electron chi connectivity index (χ0n) is 9.37. The molecule has 0 fully saturated rings. The predicted octanol–water partition coefficient (Wildman–Crippen LogP) is 2.00. The second kappa shape index (κ2) is 4.17. The molecule has 3 nitrogen and oxygen atoms in total. The van der Waals surface area contributed by atoms with Crippen LogP contribution in [0.25, 0.3) is 5.57 Å². The Morgan fingerprint density at radius 3 is 2.47 bits per heavy atom. The molecule has 1 rings (SSSR count). The lowest BCUT2D eigenvalue weighted by atomic mass is 10.0. The molecule has 0 aliphatic rings. The maximum atomic E-state index is 11.7. The number of benzene rings is 1. The van der Waals surface area contributed by atoms with Crippen LogP contribution < -0.4 is 5.73 Å². The minimum Gasteiger partial charge on any atom is -0.398 e. The van der Waals surface area contributed by atoms with E-state index >= 15 is 0 Å². The average molecular weight is 204 g/mol. The van der Waals surface area contributed by atoms with Crippen LogP contribution in [0.3, 0.4) is 0 Å². The standard InChI is InChI=1S/C12H16N2O/c1-8(2)10-7-9(5-6-11(10)13)12(15)14(3)4/h5-7H,1,13H2,2-4H3. The van der Waals surface area contributed by atoms with Gasteiger partial charge >= 0.3 is 0 Å². The summed E-state index contributed by atoms with van der Waals surface area (Å²) in [6.07, 6.45) is 0. The molecular formula is C12H16N2O. The number of nitrogen functional groups attached to an aromatic ring is 1. The van der Waals surface area contributed by atoms with Crippen LogP contribution in [-0.2, 0) is 0 Å². The van der Waals surface area contributed by atoms with Crippen LogP contribution in [0.1, 0.15) is 22.8 Å². The van der Waals surface area contributed by atoms with Gasteiger partial charge in [0.15, 0.2) is 0 Å². The molecule has 0 unspecified atom stereocenters. The lowest BCUT2D eigenvalue weighted by Gasteiger charge is -2.12. The Bertz CT molecular complexity index is 408. The molecule has 80 valence electrons. The number of carbonyl (C=O) groups is 1. The van der Waals surface area contributed by atoms with E-state index in [9.17, 15) is 4.79 Å². The van der Waals surface area contributed by atoms with Crippen LogP contribution >= 0.6 is 0 Å². The summed E-state index contributed by atoms with van der Waals surface area (Å²) in [6.45, 7) is 5.70. The van der Waals surface area contributed by atoms with Crippen molar-refractivity contribution in [1.82, 2.24) is 4.90 Å². The fourth-order valence-electron chi connectivity index (χ4n) is 1.32. The van der Waals surface area contributed by atoms with Crippen LogP contribution in [0.5, 0.6) is 0 Å². The van der Waals surface area contributed by atoms with Crippen LogP contribution in [0.4, 0.5) is 5.69 Å². The smallest absolute Gasteiger partial charge is 0.253 e. The third kappa shape index (κ3) is 2.37. The molecule has 15 heavy (non-hydrogen) atoms. The summed E-state index contributed by atoms with van der Waals surface area (Å²) < 4.78 is 0. The summed E-state index contributed by atoms with van der Waals surface area (Å²) >= 11 is 0. The molecule has 0 bridgehead atoms. The van der Waals surface area contributed by atoms with Gasteiger partial charge in [0, 0.05) is 30.9 Å². The molecular weight excluding hydrogens is 188 g/mol. The van der Waals surface area contributed by atoms with Crippen molar-refractivity contribution in [1.29, 1.82) is 0 Å². The monoisotopic (exact) mass is 204 g/mol. The number of allylic oxidation sites excluding steroid dienone is 1. The van der Waals surface area contributed by atoms with Gasteiger partial charge in [0.25, 0.3) is 5.91 Å². The molecule has 0 aliphatic heterocycles. The number of nitrogens with zero attached hydrogens (tertiary/aromatic N) is 1. The van der Waals surface area contributed by atoms with Crippen molar-refractivity contribution in [3.05, 3.63) is 35.9 Å². The third-order valence-corrected chi connectivity index (χ3v) is 2.17. The summed E-state index contributed by atoms with van der Waals surface area (Å²) in [5.41, 5.74) is 8.76. The second-order valence-corrected chi connectivity index (χ2v) is 3.78. The van der Waals surface area contributed by atoms with Crippen molar-refractivity contribution >= 4 is 17.2 Å². The molecule has 0 aliphatic carbocycles. The summed E-state index contributed by atoms with van der Waals surface area (Å²) in [5, 5.41) is 0. The predicted molar refractivity (Wildman–Crippen MR) is 63.6 cm³/mol. The first-order chi connectivity index (χ1) is 6.93. The first-order valence-corrected chi connectivity index (χ1v) is 4.70. The Labute approximate surface area is 90.2 Å². The maximum Gasteiger partial charge on any atom is 0.253 e. The highest BCUT2D eigenvalue weighted by molar-refractivity contribution is 5.95. The lowest BCUT2D eigenvalue weighted by Crippen LogP contribution is -2.21. The van der Waals surface area contributed by atoms with Crippen molar-refractivity contribution < 1.29 is 4.79 Å². The number of anilines is 1. The zero-order valence-corrected chi connectivity index (χ0v) is 9.37. The van der Waals surface area contributed by atoms with Gasteiger partial charge in [0.05, 0.1) is 0 Å². The number of amides is 1. The number of carbonyl (C=O) groups excluding carboxylic acids is 1. The maximum absolute atomic E-state index is 11.7. The SMILES string of the molecule is C=C(C)c1cc(C(=O)N(C)C)ccc1N. The molecule has 0 saturated heterocycles. The van der Waals surface area contributed by atoms with Crippen molar-refractivity contribution in [3.63, 3.8) is 0 Å². The molecule has 3 heteroatoms. The first-order valence-electron chi connectivity index (χ1n) is 4.70. The third-order valence-electron chi connectivity index (χ3n) is 2.17. The van der Waals surface area contributed by atoms with Crippen LogP contribution in [-0.4, -0.2) is 24.9 Å². The molecule has 1 aromatic rings. The van der Waals surface area contributed by atoms with Crippen LogP contribution in [0.2, 0.25) is 0 Å². The Morgan fingerprint density at radius 1 is 1.40 bits per heavy atom. The molecule has 1 amide bonds. The number of rotatable bonds is 2. The Kier molecular flexibility index (Phi) is 3.14. The minimum atomic E-state index is -0.0301. The summed E-state index contributed by atoms with van der Waals surface area (Å²) in [6, 6.07) is 5.24. The van der Waals surface area contributed by atoms with Crippen molar-refractivity contribution in [2.24, 2.45) is 0 Å². The van der Waals surface area contributed by atoms with E-state index in [0.29, 0.717) is 11.3 Å². The topological polar surface area (TPSA) is 46.3 Å². The highest BCUT2D eigenvalue weighted by Gasteiger charge is 2.10. The van der Waals surface area contributed by atoms with Gasteiger partial charge in [-0.05, 0) is 30.7 Å². The van der Waals surface area contributed by atoms with E-state index in [1.807, 2.05) is 6.92 Å². The summed E-state index contributed by atoms with van der Waals surface area (Å²) in [7, 11) is 3.44. The van der Waals surface area contributed by atoms with E-state index in [4.69, 9.17) is 5.73 Å². The fourth-order valence-corrected chi connectivity index (χ4v) is 1.32. The molecule has 0 spiro atoms. The largest absolute Gasteiger partial charge is 0.398 e. The van der Waals surface area contributed by atoms with Gasteiger partial charge in [-0.25, -0.2) is 0 Å². The normalized spacial score (nSPS) is 9.80. The average Bonchev–Trinajstić information content (AvgIpc) is 2.16. The molecule has 0 radical (unpaired) electrons. The van der Waals surface area contributed by atoms with Crippen molar-refractivity contribution in [2.75, 3.05) is 19.8 Å². The summed E-state index contributed by atoms with van der Waals surface area (Å²) in [4.78, 5) is 13.2. The molecule has 0 saturated carbocycles. The number of hydrogen-bond acceptors (Lipinski definition) is 2. The van der Waals surface area contributed by atoms with E-state index in [1.54, 1.807) is 32.3 Å². The Hall–Kier alpha value is -1.77. The molecule has 2 N–H and O–H groups in total. The van der Waals surface area contributed by atoms with E-state index in [-0.39, 0.29) is 5.91 Å². The van der Waals surface area contributed by atoms with Gasteiger partial charge in [0.1, 0.15) is 0 Å². The zero-order chi connectivity index (χ0) is 11.6. The highest BCUT2D eigenvalue weighted by atomic mass is 16.2. The highest BCUT2D eigenvalue weighted by Crippen LogP contribution is 2.21. The van der Waals surface area contributed by atoms with Gasteiger partial charge in [-0.3, -0.25) is 4.79 Å². The molecule has 0 atom stereocenters. The lowest BCUT2D eigenvalue weighted by molar-refractivity contribution is 0.0827. The quantitative estimate of drug-likeness (QED) is 0.749. The Balaban J connectivity index is 3.19. The number of hydrogen-bond donors (Lipinski definition) is 1. The van der Waals surface area contributed by atoms with Gasteiger partial charge in [-0.1, -0.05) is 6.58 Å². The van der Waals surface area contributed by atoms with E-state index in [0.717, 1.165) is 11.1 Å². The van der Waals surface area contributed by atoms with Crippen molar-refractivity contribution in [3.8, 4) is 0 Å². The van der Waals surface area contributed by atoms with Crippen LogP contribution in [0, 0.1) is 0 Å². The minimum absolute atomic E-state index is 0.0301. The van der Waals surface area contributed by atoms with E-state index < -0.39 is 0 Å². The first kappa shape index (κ1) is 11.3. The Morgan fingerprint density at radius 2 is 2.00 bits per heavy atom. The number of nitrogens with two attached hydrogens (primary N) is 1. The molecule has 1 aromatic carbocycles. The van der Waals surface area contributed by atoms with E-state index in [2.05, 4.69) is 6.58 Å². The van der Waals surface area contributed by atoms with Gasteiger partial charge in [0.2, 0.25) is 0 Å². The second-order valence-electron chi connectivity index (χ2n) is 3.78. The molecule has 0 heterocycles. The molecule has 0 aromatic heterocycles. The van der Waals surface area contributed by atoms with Crippen molar-refractivity contribution in [2.45, 2.75) is 6.92 Å². The summed E-state index contributed by atoms with van der Waals surface area (Å²) in [5.74, 6) is -0.0301. The van der Waals surface area contributed by atoms with Gasteiger partial charge in [-0.15, -0.1) is 0 Å². The fraction of sp³-hybridized carbons (Fsp3) is 0.250. The van der Waals surface area contributed by atoms with E-state index in [1.165, 1.54) is 4.90 Å². The van der Waals surface area contributed by atoms with Gasteiger partial charge < -0.3 is 10.6 Å². The van der Waals surface area contributed by atoms with Gasteiger partial charge in [-0.2, -0.15) is 0 Å². The van der Waals surface area contributed by atoms with Crippen LogP contribution in [0.15, 0.2) is 24.8 Å².